The third kappa shape index (κ3) is 15.0. The van der Waals surface area contributed by atoms with Gasteiger partial charge in [0, 0.05) is 12.2 Å². The van der Waals surface area contributed by atoms with E-state index in [0.717, 1.165) is 0 Å². The van der Waals surface area contributed by atoms with Crippen molar-refractivity contribution in [3.8, 4) is 0 Å². The molecule has 0 radical (unpaired) electrons. The molecule has 0 aromatic rings. The van der Waals surface area contributed by atoms with Crippen LogP contribution >= 0.6 is 12.6 Å². The molecule has 0 aromatic carbocycles. The molecule has 0 spiro atoms. The summed E-state index contributed by atoms with van der Waals surface area (Å²) in [6.45, 7) is -0.567. The number of aliphatic carboxylic acids is 2. The third-order valence-corrected chi connectivity index (χ3v) is 2.61. The zero-order valence-electron chi connectivity index (χ0n) is 12.4. The molecule has 0 aliphatic rings. The second kappa shape index (κ2) is 13.5. The lowest BCUT2D eigenvalue weighted by molar-refractivity contribution is -0.139. The maximum atomic E-state index is 11.5. The van der Waals surface area contributed by atoms with E-state index < -0.39 is 53.3 Å². The Bertz CT molecular complexity index is 517. The van der Waals surface area contributed by atoms with E-state index >= 15 is 0 Å². The second-order valence-electron chi connectivity index (χ2n) is 4.18. The Hall–Kier alpha value is -1.90. The minimum Gasteiger partial charge on any atom is -0.480 e. The van der Waals surface area contributed by atoms with Gasteiger partial charge in [-0.05, 0) is 6.42 Å². The van der Waals surface area contributed by atoms with E-state index in [2.05, 4.69) is 28.4 Å². The number of carboxylic acids is 2. The fourth-order valence-corrected chi connectivity index (χ4v) is 1.41. The van der Waals surface area contributed by atoms with Gasteiger partial charge in [-0.2, -0.15) is 12.6 Å². The highest BCUT2D eigenvalue weighted by molar-refractivity contribution is 7.80. The van der Waals surface area contributed by atoms with Crippen LogP contribution in [0, 0.1) is 0 Å². The molecule has 24 heavy (non-hydrogen) atoms. The van der Waals surface area contributed by atoms with E-state index in [4.69, 9.17) is 24.4 Å². The first-order chi connectivity index (χ1) is 11.0. The topological polar surface area (TPSA) is 219 Å². The summed E-state index contributed by atoms with van der Waals surface area (Å²) in [7, 11) is -2.62. The Balaban J connectivity index is 0. The monoisotopic (exact) mass is 388 g/mol. The number of nitrogens with two attached hydrogens (primary N) is 2. The smallest absolute Gasteiger partial charge is 0.322 e. The van der Waals surface area contributed by atoms with Crippen molar-refractivity contribution in [3.05, 3.63) is 0 Å². The highest BCUT2D eigenvalue weighted by Crippen LogP contribution is 1.97. The summed E-state index contributed by atoms with van der Waals surface area (Å²) >= 11 is 3.87. The summed E-state index contributed by atoms with van der Waals surface area (Å²) in [5.41, 5.74) is 5.23. The van der Waals surface area contributed by atoms with E-state index in [1.165, 1.54) is 0 Å². The third-order valence-electron chi connectivity index (χ3n) is 2.25. The molecule has 0 aromatic heterocycles. The molecule has 0 saturated heterocycles. The summed E-state index contributed by atoms with van der Waals surface area (Å²) in [6.07, 6.45) is -0.235. The second-order valence-corrected chi connectivity index (χ2v) is 5.12. The van der Waals surface area contributed by atoms with Gasteiger partial charge in [-0.15, -0.1) is 0 Å². The van der Waals surface area contributed by atoms with Gasteiger partial charge in [-0.1, -0.05) is 0 Å². The van der Waals surface area contributed by atoms with Gasteiger partial charge in [0.2, 0.25) is 11.8 Å². The lowest BCUT2D eigenvalue weighted by Crippen LogP contribution is -2.49. The Labute approximate surface area is 144 Å². The summed E-state index contributed by atoms with van der Waals surface area (Å²) in [5, 5.41) is 25.4. The van der Waals surface area contributed by atoms with Gasteiger partial charge in [-0.3, -0.25) is 19.2 Å². The summed E-state index contributed by atoms with van der Waals surface area (Å²) in [4.78, 5) is 43.7. The van der Waals surface area contributed by atoms with Crippen molar-refractivity contribution in [2.45, 2.75) is 24.9 Å². The van der Waals surface area contributed by atoms with Crippen LogP contribution in [0.2, 0.25) is 0 Å². The molecule has 0 unspecified atom stereocenters. The number of rotatable bonds is 9. The molecular formula is C10H20N4O8S2. The summed E-state index contributed by atoms with van der Waals surface area (Å²) < 4.78 is 17.6. The Morgan fingerprint density at radius 2 is 1.67 bits per heavy atom. The van der Waals surface area contributed by atoms with Crippen molar-refractivity contribution >= 4 is 47.3 Å². The quantitative estimate of drug-likeness (QED) is 0.182. The lowest BCUT2D eigenvalue weighted by Gasteiger charge is -2.16. The Morgan fingerprint density at radius 3 is 2.04 bits per heavy atom. The molecule has 0 fully saturated rings. The van der Waals surface area contributed by atoms with Crippen LogP contribution < -0.4 is 21.5 Å². The molecule has 0 heterocycles. The van der Waals surface area contributed by atoms with Crippen molar-refractivity contribution in [1.82, 2.24) is 10.6 Å². The maximum Gasteiger partial charge on any atom is 0.322 e. The first kappa shape index (κ1) is 24.4. The number of amides is 2. The van der Waals surface area contributed by atoms with E-state index in [0.29, 0.717) is 0 Å². The number of hydrogen-bond donors (Lipinski definition) is 8. The van der Waals surface area contributed by atoms with E-state index in [1.54, 1.807) is 0 Å². The largest absolute Gasteiger partial charge is 0.480 e. The molecular weight excluding hydrogens is 368 g/mol. The van der Waals surface area contributed by atoms with Gasteiger partial charge in [0.25, 0.3) is 0 Å². The minimum absolute atomic E-state index is 0.0256. The van der Waals surface area contributed by atoms with E-state index in [9.17, 15) is 19.2 Å². The molecule has 0 aliphatic carbocycles. The lowest BCUT2D eigenvalue weighted by atomic mass is 10.1. The Morgan fingerprint density at radius 1 is 1.17 bits per heavy atom. The number of carbonyl (C=O) groups is 4. The fraction of sp³-hybridized carbons (Fsp3) is 0.600. The first-order valence-corrected chi connectivity index (χ1v) is 8.16. The molecule has 0 bridgehead atoms. The Kier molecular flexibility index (Phi) is 13.7. The van der Waals surface area contributed by atoms with E-state index in [1.807, 2.05) is 0 Å². The number of nitrogens with one attached hydrogen (secondary N) is 2. The first-order valence-electron chi connectivity index (χ1n) is 6.28. The average Bonchev–Trinajstić information content (AvgIpc) is 2.46. The van der Waals surface area contributed by atoms with Crippen molar-refractivity contribution in [2.75, 3.05) is 12.3 Å². The van der Waals surface area contributed by atoms with Crippen molar-refractivity contribution in [1.29, 1.82) is 0 Å². The molecule has 0 saturated carbocycles. The summed E-state index contributed by atoms with van der Waals surface area (Å²) in [6, 6.07) is -2.15. The van der Waals surface area contributed by atoms with Gasteiger partial charge in [0.1, 0.15) is 18.6 Å². The highest BCUT2D eigenvalue weighted by atomic mass is 32.2. The fourth-order valence-electron chi connectivity index (χ4n) is 1.16. The normalized spacial score (nSPS) is 12.3. The highest BCUT2D eigenvalue weighted by Gasteiger charge is 2.20. The van der Waals surface area contributed by atoms with Gasteiger partial charge in [-0.25, -0.2) is 13.6 Å². The average molecular weight is 388 g/mol. The minimum atomic E-state index is -2.62. The molecule has 0 rings (SSSR count). The van der Waals surface area contributed by atoms with E-state index in [-0.39, 0.29) is 18.6 Å². The number of hydrogen-bond acceptors (Lipinski definition) is 8. The molecule has 140 valence electrons. The van der Waals surface area contributed by atoms with Gasteiger partial charge in [0.15, 0.2) is 10.9 Å². The van der Waals surface area contributed by atoms with Gasteiger partial charge in [0.05, 0.1) is 0 Å². The molecule has 8 N–H and O–H groups in total. The van der Waals surface area contributed by atoms with Crippen LogP contribution in [-0.2, 0) is 30.1 Å². The summed E-state index contributed by atoms with van der Waals surface area (Å²) in [5.74, 6) is -3.70. The zero-order valence-corrected chi connectivity index (χ0v) is 14.2. The molecule has 14 heteroatoms. The molecule has 12 nitrogen and oxygen atoms in total. The van der Waals surface area contributed by atoms with Crippen LogP contribution in [0.5, 0.6) is 0 Å². The van der Waals surface area contributed by atoms with Crippen LogP contribution in [-0.4, -0.2) is 66.8 Å². The van der Waals surface area contributed by atoms with Crippen LogP contribution in [0.15, 0.2) is 0 Å². The molecule has 0 aliphatic heterocycles. The van der Waals surface area contributed by atoms with Gasteiger partial charge < -0.3 is 26.6 Å². The predicted molar refractivity (Wildman–Crippen MR) is 85.8 cm³/mol. The van der Waals surface area contributed by atoms with Crippen LogP contribution in [0.25, 0.3) is 0 Å². The number of carbonyl (C=O) groups excluding carboxylic acids is 2. The SMILES string of the molecule is N[C@@H](CCC(=O)N[C@@H](CS)C(=O)NCC(=O)O)C(=O)O.N[SH](=O)=O. The number of carboxylic acid groups (broad SMARTS) is 2. The number of thiol groups is 2. The van der Waals surface area contributed by atoms with Crippen LogP contribution in [0.4, 0.5) is 0 Å². The van der Waals surface area contributed by atoms with Crippen molar-refractivity contribution < 1.29 is 37.8 Å². The predicted octanol–water partition coefficient (Wildman–Crippen LogP) is -3.73. The zero-order chi connectivity index (χ0) is 19.3. The van der Waals surface area contributed by atoms with Gasteiger partial charge >= 0.3 is 11.9 Å². The van der Waals surface area contributed by atoms with Crippen LogP contribution in [0.3, 0.4) is 0 Å². The van der Waals surface area contributed by atoms with Crippen LogP contribution in [0.1, 0.15) is 12.8 Å². The molecule has 2 atom stereocenters. The maximum absolute atomic E-state index is 11.5. The van der Waals surface area contributed by atoms with Crippen molar-refractivity contribution in [2.24, 2.45) is 10.9 Å². The van der Waals surface area contributed by atoms with Crippen molar-refractivity contribution in [3.63, 3.8) is 0 Å². The molecule has 2 amide bonds. The standard InChI is InChI=1S/C10H17N3O6S.H3NO2S/c11-5(10(18)19)1-2-7(14)13-6(4-20)9(17)12-3-8(15)16;1-4(2)3/h5-6,20H,1-4,11H2,(H,12,17)(H,13,14)(H,15,16)(H,18,19);4H,(H2,1,2,3)/t5-,6-;/m0./s1.